The highest BCUT2D eigenvalue weighted by molar-refractivity contribution is 5.81. The van der Waals surface area contributed by atoms with E-state index in [0.717, 1.165) is 44.5 Å². The Morgan fingerprint density at radius 3 is 2.62 bits per heavy atom. The van der Waals surface area contributed by atoms with Gasteiger partial charge < -0.3 is 9.64 Å². The molecule has 1 atom stereocenters. The zero-order valence-electron chi connectivity index (χ0n) is 14.0. The predicted molar refractivity (Wildman–Crippen MR) is 88.8 cm³/mol. The minimum atomic E-state index is -0.221. The number of rotatable bonds is 4. The molecule has 1 unspecified atom stereocenters. The smallest absolute Gasteiger partial charge is 0.266 e. The van der Waals surface area contributed by atoms with E-state index in [1.807, 2.05) is 11.0 Å². The Morgan fingerprint density at radius 1 is 1.17 bits per heavy atom. The van der Waals surface area contributed by atoms with E-state index in [1.54, 1.807) is 10.7 Å². The minimum absolute atomic E-state index is 0.0164. The lowest BCUT2D eigenvalue weighted by Crippen LogP contribution is -2.44. The van der Waals surface area contributed by atoms with Crippen molar-refractivity contribution in [2.75, 3.05) is 19.7 Å². The van der Waals surface area contributed by atoms with E-state index < -0.39 is 0 Å². The molecule has 1 amide bonds. The van der Waals surface area contributed by atoms with Crippen molar-refractivity contribution < 1.29 is 9.53 Å². The number of amides is 1. The summed E-state index contributed by atoms with van der Waals surface area (Å²) in [6, 6.07) is 3.52. The molecular weight excluding hydrogens is 306 g/mol. The number of carbonyl (C=O) groups excluding carboxylic acids is 1. The molecule has 4 rings (SSSR count). The predicted octanol–water partition coefficient (Wildman–Crippen LogP) is 1.54. The minimum Gasteiger partial charge on any atom is -0.368 e. The second-order valence-corrected chi connectivity index (χ2v) is 7.32. The second kappa shape index (κ2) is 6.67. The zero-order valence-corrected chi connectivity index (χ0v) is 14.0. The number of hydrogen-bond acceptors (Lipinski definition) is 4. The van der Waals surface area contributed by atoms with Crippen molar-refractivity contribution in [3.63, 3.8) is 0 Å². The molecule has 3 heterocycles. The molecule has 2 saturated heterocycles. The molecule has 1 aromatic rings. The number of likely N-dealkylation sites (tertiary alicyclic amines) is 1. The van der Waals surface area contributed by atoms with Crippen LogP contribution < -0.4 is 5.56 Å². The maximum Gasteiger partial charge on any atom is 0.266 e. The van der Waals surface area contributed by atoms with Gasteiger partial charge in [0.05, 0.1) is 5.69 Å². The lowest BCUT2D eigenvalue weighted by atomic mass is 9.96. The van der Waals surface area contributed by atoms with Crippen LogP contribution in [0.4, 0.5) is 0 Å². The Hall–Kier alpha value is -1.69. The Kier molecular flexibility index (Phi) is 4.39. The van der Waals surface area contributed by atoms with E-state index >= 15 is 0 Å². The second-order valence-electron chi connectivity index (χ2n) is 7.32. The van der Waals surface area contributed by atoms with Crippen molar-refractivity contribution in [3.8, 4) is 0 Å². The van der Waals surface area contributed by atoms with Crippen molar-refractivity contribution in [1.29, 1.82) is 0 Å². The molecule has 0 radical (unpaired) electrons. The van der Waals surface area contributed by atoms with E-state index in [4.69, 9.17) is 4.74 Å². The SMILES string of the molecule is O=C(C1CCCO1)N1CCC(Cn2nc(C3CC3)ccc2=O)CC1. The maximum atomic E-state index is 12.4. The Labute approximate surface area is 141 Å². The van der Waals surface area contributed by atoms with E-state index in [9.17, 15) is 9.59 Å². The number of nitrogens with zero attached hydrogens (tertiary/aromatic N) is 3. The summed E-state index contributed by atoms with van der Waals surface area (Å²) in [5.74, 6) is 1.12. The lowest BCUT2D eigenvalue weighted by molar-refractivity contribution is -0.142. The number of ether oxygens (including phenoxy) is 1. The van der Waals surface area contributed by atoms with E-state index in [0.29, 0.717) is 25.0 Å². The molecule has 2 aliphatic heterocycles. The van der Waals surface area contributed by atoms with Crippen LogP contribution in [0.2, 0.25) is 0 Å². The van der Waals surface area contributed by atoms with Crippen LogP contribution in [-0.4, -0.2) is 46.4 Å². The highest BCUT2D eigenvalue weighted by Gasteiger charge is 2.31. The molecule has 6 nitrogen and oxygen atoms in total. The summed E-state index contributed by atoms with van der Waals surface area (Å²) >= 11 is 0. The molecule has 3 aliphatic rings. The van der Waals surface area contributed by atoms with Gasteiger partial charge in [-0.05, 0) is 50.5 Å². The third-order valence-corrected chi connectivity index (χ3v) is 5.45. The van der Waals surface area contributed by atoms with Gasteiger partial charge in [-0.1, -0.05) is 0 Å². The van der Waals surface area contributed by atoms with E-state index in [-0.39, 0.29) is 17.6 Å². The van der Waals surface area contributed by atoms with Gasteiger partial charge in [-0.15, -0.1) is 0 Å². The molecule has 0 aromatic carbocycles. The summed E-state index contributed by atoms with van der Waals surface area (Å²) in [6.07, 6.45) is 5.86. The summed E-state index contributed by atoms with van der Waals surface area (Å²) in [5, 5.41) is 4.55. The lowest BCUT2D eigenvalue weighted by Gasteiger charge is -2.33. The van der Waals surface area contributed by atoms with Gasteiger partial charge >= 0.3 is 0 Å². The summed E-state index contributed by atoms with van der Waals surface area (Å²) in [4.78, 5) is 26.4. The number of piperidine rings is 1. The van der Waals surface area contributed by atoms with Gasteiger partial charge in [0.15, 0.2) is 0 Å². The van der Waals surface area contributed by atoms with Crippen LogP contribution in [0.1, 0.15) is 50.1 Å². The van der Waals surface area contributed by atoms with Gasteiger partial charge in [-0.3, -0.25) is 9.59 Å². The van der Waals surface area contributed by atoms with Crippen molar-refractivity contribution in [2.24, 2.45) is 5.92 Å². The Balaban J connectivity index is 1.34. The third-order valence-electron chi connectivity index (χ3n) is 5.45. The highest BCUT2D eigenvalue weighted by atomic mass is 16.5. The summed E-state index contributed by atoms with van der Waals surface area (Å²) in [6.45, 7) is 2.90. The summed E-state index contributed by atoms with van der Waals surface area (Å²) < 4.78 is 7.14. The van der Waals surface area contributed by atoms with Crippen molar-refractivity contribution in [2.45, 2.75) is 57.1 Å². The fourth-order valence-corrected chi connectivity index (χ4v) is 3.75. The fraction of sp³-hybridized carbons (Fsp3) is 0.722. The first-order valence-electron chi connectivity index (χ1n) is 9.19. The van der Waals surface area contributed by atoms with Gasteiger partial charge in [0.25, 0.3) is 11.5 Å². The first-order valence-corrected chi connectivity index (χ1v) is 9.19. The van der Waals surface area contributed by atoms with E-state index in [1.165, 1.54) is 12.8 Å². The number of hydrogen-bond donors (Lipinski definition) is 0. The van der Waals surface area contributed by atoms with Crippen molar-refractivity contribution >= 4 is 5.91 Å². The topological polar surface area (TPSA) is 64.4 Å². The molecule has 0 N–H and O–H groups in total. The molecular formula is C18H25N3O3. The van der Waals surface area contributed by atoms with Crippen LogP contribution >= 0.6 is 0 Å². The fourth-order valence-electron chi connectivity index (χ4n) is 3.75. The Morgan fingerprint density at radius 2 is 1.96 bits per heavy atom. The standard InChI is InChI=1S/C18H25N3O3/c22-17-6-5-15(14-3-4-14)19-21(17)12-13-7-9-20(10-8-13)18(23)16-2-1-11-24-16/h5-6,13-14,16H,1-4,7-12H2. The first-order chi connectivity index (χ1) is 11.7. The molecule has 3 fully saturated rings. The Bertz CT molecular complexity index is 654. The third kappa shape index (κ3) is 3.38. The number of aromatic nitrogens is 2. The van der Waals surface area contributed by atoms with E-state index in [2.05, 4.69) is 5.10 Å². The van der Waals surface area contributed by atoms with Crippen LogP contribution in [-0.2, 0) is 16.1 Å². The van der Waals surface area contributed by atoms with Gasteiger partial charge in [-0.25, -0.2) is 4.68 Å². The van der Waals surface area contributed by atoms with Gasteiger partial charge in [-0.2, -0.15) is 5.10 Å². The van der Waals surface area contributed by atoms with Gasteiger partial charge in [0, 0.05) is 38.2 Å². The quantitative estimate of drug-likeness (QED) is 0.839. The largest absolute Gasteiger partial charge is 0.368 e. The summed E-state index contributed by atoms with van der Waals surface area (Å²) in [5.41, 5.74) is 1.04. The average Bonchev–Trinajstić information content (AvgIpc) is 3.31. The molecule has 24 heavy (non-hydrogen) atoms. The van der Waals surface area contributed by atoms with Crippen molar-refractivity contribution in [3.05, 3.63) is 28.2 Å². The molecule has 1 saturated carbocycles. The van der Waals surface area contributed by atoms with Gasteiger partial charge in [0.1, 0.15) is 6.10 Å². The number of carbonyl (C=O) groups is 1. The molecule has 0 bridgehead atoms. The molecule has 1 aromatic heterocycles. The van der Waals surface area contributed by atoms with Crippen LogP contribution in [0.15, 0.2) is 16.9 Å². The normalized spacial score (nSPS) is 25.2. The zero-order chi connectivity index (χ0) is 16.5. The van der Waals surface area contributed by atoms with Crippen molar-refractivity contribution in [1.82, 2.24) is 14.7 Å². The summed E-state index contributed by atoms with van der Waals surface area (Å²) in [7, 11) is 0. The van der Waals surface area contributed by atoms with Crippen LogP contribution in [0, 0.1) is 5.92 Å². The first kappa shape index (κ1) is 15.8. The van der Waals surface area contributed by atoms with Gasteiger partial charge in [0.2, 0.25) is 0 Å². The molecule has 1 aliphatic carbocycles. The van der Waals surface area contributed by atoms with Crippen LogP contribution in [0.25, 0.3) is 0 Å². The monoisotopic (exact) mass is 331 g/mol. The highest BCUT2D eigenvalue weighted by Crippen LogP contribution is 2.38. The average molecular weight is 331 g/mol. The van der Waals surface area contributed by atoms with Crippen LogP contribution in [0.5, 0.6) is 0 Å². The maximum absolute atomic E-state index is 12.4. The molecule has 0 spiro atoms. The molecule has 130 valence electrons. The van der Waals surface area contributed by atoms with Crippen LogP contribution in [0.3, 0.4) is 0 Å². The molecule has 6 heteroatoms.